The van der Waals surface area contributed by atoms with Crippen molar-refractivity contribution in [2.75, 3.05) is 14.2 Å². The maximum atomic E-state index is 12.4. The first-order valence-corrected chi connectivity index (χ1v) is 7.93. The highest BCUT2D eigenvalue weighted by Gasteiger charge is 2.41. The molecule has 0 aliphatic carbocycles. The van der Waals surface area contributed by atoms with Gasteiger partial charge in [0, 0.05) is 11.6 Å². The molecular weight excluding hydrogens is 368 g/mol. The number of phenolic OH excluding ortho intramolecular Hbond substituents is 1. The van der Waals surface area contributed by atoms with Crippen molar-refractivity contribution in [2.24, 2.45) is 0 Å². The molecule has 1 heterocycles. The maximum Gasteiger partial charge on any atom is 0.328 e. The minimum absolute atomic E-state index is 0.0766. The van der Waals surface area contributed by atoms with Gasteiger partial charge in [-0.3, -0.25) is 24.6 Å². The molecule has 1 aliphatic rings. The smallest absolute Gasteiger partial charge is 0.328 e. The van der Waals surface area contributed by atoms with Crippen LogP contribution in [0.4, 0.5) is 10.5 Å². The number of carbonyl (C=O) groups is 3. The number of methoxy groups -OCH3 is 2. The van der Waals surface area contributed by atoms with Gasteiger partial charge in [-0.15, -0.1) is 0 Å². The number of benzene rings is 1. The molecule has 1 fully saturated rings. The van der Waals surface area contributed by atoms with Gasteiger partial charge in [-0.1, -0.05) is 0 Å². The molecule has 0 aromatic heterocycles. The Morgan fingerprint density at radius 1 is 1.38 bits per heavy atom. The van der Waals surface area contributed by atoms with Crippen LogP contribution in [-0.2, 0) is 14.3 Å². The second-order valence-corrected chi connectivity index (χ2v) is 6.09. The standard InChI is InChI=1S/C15H14N2O8S/c1-7(14(20)25-3)16-13(19)11(26-15(16)21)5-8-4-9(17(22)23)6-10(24-2)12(8)18/h4-7,18H,1-3H3/b11-5-/t7-/m1/s1. The van der Waals surface area contributed by atoms with Gasteiger partial charge in [0.15, 0.2) is 11.5 Å². The molecule has 11 heteroatoms. The van der Waals surface area contributed by atoms with Gasteiger partial charge in [0.25, 0.3) is 16.8 Å². The number of nitro groups is 1. The third kappa shape index (κ3) is 3.47. The number of thioether (sulfide) groups is 1. The number of carbonyl (C=O) groups excluding carboxylic acids is 3. The predicted octanol–water partition coefficient (Wildman–Crippen LogP) is 1.91. The van der Waals surface area contributed by atoms with Crippen molar-refractivity contribution in [3.63, 3.8) is 0 Å². The van der Waals surface area contributed by atoms with Crippen LogP contribution in [0, 0.1) is 10.1 Å². The molecular formula is C15H14N2O8S. The summed E-state index contributed by atoms with van der Waals surface area (Å²) >= 11 is 0.538. The summed E-state index contributed by atoms with van der Waals surface area (Å²) in [5, 5.41) is 20.4. The number of nitrogens with zero attached hydrogens (tertiary/aromatic N) is 2. The van der Waals surface area contributed by atoms with Crippen LogP contribution in [0.5, 0.6) is 11.5 Å². The third-order valence-corrected chi connectivity index (χ3v) is 4.44. The molecule has 1 saturated heterocycles. The zero-order valence-electron chi connectivity index (χ0n) is 13.9. The topological polar surface area (TPSA) is 136 Å². The van der Waals surface area contributed by atoms with E-state index in [0.717, 1.165) is 25.3 Å². The van der Waals surface area contributed by atoms with Gasteiger partial charge < -0.3 is 14.6 Å². The van der Waals surface area contributed by atoms with Crippen LogP contribution in [0.3, 0.4) is 0 Å². The normalized spacial score (nSPS) is 16.7. The highest BCUT2D eigenvalue weighted by Crippen LogP contribution is 2.39. The molecule has 26 heavy (non-hydrogen) atoms. The van der Waals surface area contributed by atoms with Crippen LogP contribution < -0.4 is 4.74 Å². The average molecular weight is 382 g/mol. The number of phenols is 1. The monoisotopic (exact) mass is 382 g/mol. The van der Waals surface area contributed by atoms with Crippen LogP contribution >= 0.6 is 11.8 Å². The minimum atomic E-state index is -1.13. The van der Waals surface area contributed by atoms with Crippen LogP contribution in [0.25, 0.3) is 6.08 Å². The van der Waals surface area contributed by atoms with E-state index in [9.17, 15) is 29.6 Å². The second kappa shape index (κ2) is 7.44. The van der Waals surface area contributed by atoms with E-state index in [4.69, 9.17) is 4.74 Å². The van der Waals surface area contributed by atoms with Crippen LogP contribution in [-0.4, -0.2) is 52.3 Å². The maximum absolute atomic E-state index is 12.4. The molecule has 0 bridgehead atoms. The Labute approximate surface area is 151 Å². The summed E-state index contributed by atoms with van der Waals surface area (Å²) in [7, 11) is 2.34. The van der Waals surface area contributed by atoms with E-state index in [1.807, 2.05) is 0 Å². The Hall–Kier alpha value is -3.08. The van der Waals surface area contributed by atoms with E-state index in [-0.39, 0.29) is 21.9 Å². The van der Waals surface area contributed by atoms with Crippen LogP contribution in [0.1, 0.15) is 12.5 Å². The van der Waals surface area contributed by atoms with E-state index in [0.29, 0.717) is 16.7 Å². The van der Waals surface area contributed by atoms with E-state index >= 15 is 0 Å². The van der Waals surface area contributed by atoms with E-state index in [2.05, 4.69) is 4.74 Å². The number of rotatable bonds is 5. The van der Waals surface area contributed by atoms with Crippen molar-refractivity contribution in [1.82, 2.24) is 4.90 Å². The molecule has 2 rings (SSSR count). The van der Waals surface area contributed by atoms with E-state index in [1.54, 1.807) is 0 Å². The molecule has 1 N–H and O–H groups in total. The number of esters is 1. The minimum Gasteiger partial charge on any atom is -0.504 e. The Morgan fingerprint density at radius 3 is 2.58 bits per heavy atom. The molecule has 0 spiro atoms. The molecule has 10 nitrogen and oxygen atoms in total. The van der Waals surface area contributed by atoms with Gasteiger partial charge in [0.1, 0.15) is 6.04 Å². The lowest BCUT2D eigenvalue weighted by Gasteiger charge is -2.18. The fourth-order valence-electron chi connectivity index (χ4n) is 2.22. The largest absolute Gasteiger partial charge is 0.504 e. The number of hydrogen-bond donors (Lipinski definition) is 1. The summed E-state index contributed by atoms with van der Waals surface area (Å²) < 4.78 is 9.40. The second-order valence-electron chi connectivity index (χ2n) is 5.09. The Morgan fingerprint density at radius 2 is 2.04 bits per heavy atom. The molecule has 138 valence electrons. The number of nitro benzene ring substituents is 1. The summed E-state index contributed by atoms with van der Waals surface area (Å²) in [6, 6.07) is 0.930. The van der Waals surface area contributed by atoms with Crippen molar-refractivity contribution >= 4 is 40.6 Å². The number of hydrogen-bond acceptors (Lipinski definition) is 9. The number of amides is 2. The van der Waals surface area contributed by atoms with Crippen LogP contribution in [0.2, 0.25) is 0 Å². The van der Waals surface area contributed by atoms with Crippen molar-refractivity contribution < 1.29 is 33.9 Å². The fraction of sp³-hybridized carbons (Fsp3) is 0.267. The van der Waals surface area contributed by atoms with E-state index < -0.39 is 33.8 Å². The quantitative estimate of drug-likeness (QED) is 0.350. The predicted molar refractivity (Wildman–Crippen MR) is 90.6 cm³/mol. The Balaban J connectivity index is 2.46. The third-order valence-electron chi connectivity index (χ3n) is 3.56. The summed E-state index contributed by atoms with van der Waals surface area (Å²) in [5.41, 5.74) is -0.444. The van der Waals surface area contributed by atoms with Crippen molar-refractivity contribution in [1.29, 1.82) is 0 Å². The summed E-state index contributed by atoms with van der Waals surface area (Å²) in [5.74, 6) is -2.13. The number of imide groups is 1. The van der Waals surface area contributed by atoms with Crippen molar-refractivity contribution in [2.45, 2.75) is 13.0 Å². The lowest BCUT2D eigenvalue weighted by molar-refractivity contribution is -0.385. The highest BCUT2D eigenvalue weighted by atomic mass is 32.2. The Bertz CT molecular complexity index is 835. The number of non-ortho nitro benzene ring substituents is 1. The van der Waals surface area contributed by atoms with Gasteiger partial charge in [0.05, 0.1) is 30.1 Å². The molecule has 0 radical (unpaired) electrons. The first-order chi connectivity index (χ1) is 12.2. The van der Waals surface area contributed by atoms with Crippen LogP contribution in [0.15, 0.2) is 17.0 Å². The Kier molecular flexibility index (Phi) is 5.50. The van der Waals surface area contributed by atoms with E-state index in [1.165, 1.54) is 14.0 Å². The summed E-state index contributed by atoms with van der Waals surface area (Å²) in [6.45, 7) is 1.33. The number of ether oxygens (including phenoxy) is 2. The lowest BCUT2D eigenvalue weighted by Crippen LogP contribution is -2.42. The molecule has 1 aromatic rings. The molecule has 0 unspecified atom stereocenters. The van der Waals surface area contributed by atoms with Gasteiger partial charge in [0.2, 0.25) is 0 Å². The van der Waals surface area contributed by atoms with Crippen molar-refractivity contribution in [3.8, 4) is 11.5 Å². The van der Waals surface area contributed by atoms with Gasteiger partial charge in [-0.2, -0.15) is 0 Å². The van der Waals surface area contributed by atoms with Gasteiger partial charge >= 0.3 is 5.97 Å². The summed E-state index contributed by atoms with van der Waals surface area (Å²) in [6.07, 6.45) is 1.12. The molecule has 1 atom stereocenters. The first-order valence-electron chi connectivity index (χ1n) is 7.11. The SMILES string of the molecule is COC(=O)[C@@H](C)N1C(=O)S/C(=C\c2cc([N+](=O)[O-])cc(OC)c2O)C1=O. The average Bonchev–Trinajstić information content (AvgIpc) is 2.88. The summed E-state index contributed by atoms with van der Waals surface area (Å²) in [4.78, 5) is 47.0. The molecule has 1 aliphatic heterocycles. The van der Waals surface area contributed by atoms with Gasteiger partial charge in [-0.25, -0.2) is 4.79 Å². The molecule has 0 saturated carbocycles. The van der Waals surface area contributed by atoms with Gasteiger partial charge in [-0.05, 0) is 24.8 Å². The molecule has 2 amide bonds. The zero-order chi connectivity index (χ0) is 19.6. The molecule has 1 aromatic carbocycles. The number of aromatic hydroxyl groups is 1. The lowest BCUT2D eigenvalue weighted by atomic mass is 10.1. The van der Waals surface area contributed by atoms with Crippen molar-refractivity contribution in [3.05, 3.63) is 32.7 Å². The fourth-order valence-corrected chi connectivity index (χ4v) is 3.12. The first kappa shape index (κ1) is 19.2. The zero-order valence-corrected chi connectivity index (χ0v) is 14.7. The highest BCUT2D eigenvalue weighted by molar-refractivity contribution is 8.18.